The zero-order valence-electron chi connectivity index (χ0n) is 11.3. The second kappa shape index (κ2) is 4.74. The van der Waals surface area contributed by atoms with Crippen molar-refractivity contribution >= 4 is 11.0 Å². The Morgan fingerprint density at radius 2 is 2.15 bits per heavy atom. The smallest absolute Gasteiger partial charge is 0.149 e. The Balaban J connectivity index is 1.92. The quantitative estimate of drug-likeness (QED) is 0.840. The lowest BCUT2D eigenvalue weighted by atomic mass is 9.88. The number of halogens is 1. The van der Waals surface area contributed by atoms with Crippen LogP contribution in [0, 0.1) is 5.82 Å². The number of hydrogen-bond acceptors (Lipinski definition) is 3. The van der Waals surface area contributed by atoms with Gasteiger partial charge in [-0.15, -0.1) is 0 Å². The van der Waals surface area contributed by atoms with E-state index in [1.807, 2.05) is 0 Å². The summed E-state index contributed by atoms with van der Waals surface area (Å²) in [5.41, 5.74) is 2.64. The van der Waals surface area contributed by atoms with Crippen LogP contribution < -0.4 is 10.1 Å². The lowest BCUT2D eigenvalue weighted by Crippen LogP contribution is -2.27. The molecular weight excluding hydrogens is 257 g/mol. The van der Waals surface area contributed by atoms with E-state index in [9.17, 15) is 4.39 Å². The van der Waals surface area contributed by atoms with Crippen LogP contribution in [-0.2, 0) is 6.42 Å². The molecule has 0 aliphatic carbocycles. The fraction of sp³-hybridized carbons (Fsp3) is 0.533. The third-order valence-electron chi connectivity index (χ3n) is 4.41. The molecule has 0 saturated carbocycles. The highest BCUT2D eigenvalue weighted by atomic mass is 19.1. The number of H-pyrrole nitrogens is 1. The summed E-state index contributed by atoms with van der Waals surface area (Å²) in [5, 5.41) is 4.21. The number of pyridine rings is 1. The predicted octanol–water partition coefficient (Wildman–Crippen LogP) is 2.49. The van der Waals surface area contributed by atoms with Crippen LogP contribution in [0.3, 0.4) is 0 Å². The Labute approximate surface area is 116 Å². The summed E-state index contributed by atoms with van der Waals surface area (Å²) in [6, 6.07) is 0. The van der Waals surface area contributed by atoms with Crippen LogP contribution in [0.5, 0.6) is 5.75 Å². The second-order valence-corrected chi connectivity index (χ2v) is 5.65. The number of fused-ring (bicyclic) bond motifs is 3. The minimum Gasteiger partial charge on any atom is -0.491 e. The van der Waals surface area contributed by atoms with Crippen LogP contribution in [-0.4, -0.2) is 29.7 Å². The van der Waals surface area contributed by atoms with Gasteiger partial charge in [-0.2, -0.15) is 0 Å². The van der Waals surface area contributed by atoms with Gasteiger partial charge >= 0.3 is 0 Å². The molecule has 1 fully saturated rings. The van der Waals surface area contributed by atoms with E-state index in [-0.39, 0.29) is 11.7 Å². The first kappa shape index (κ1) is 12.1. The van der Waals surface area contributed by atoms with Gasteiger partial charge in [0.15, 0.2) is 0 Å². The minimum atomic E-state index is -0.194. The maximum atomic E-state index is 14.4. The molecule has 5 heteroatoms. The molecule has 0 atom stereocenters. The summed E-state index contributed by atoms with van der Waals surface area (Å²) in [5.74, 6) is 0.902. The van der Waals surface area contributed by atoms with E-state index in [0.717, 1.165) is 66.8 Å². The molecule has 0 radical (unpaired) electrons. The third kappa shape index (κ3) is 1.80. The average molecular weight is 275 g/mol. The summed E-state index contributed by atoms with van der Waals surface area (Å²) in [4.78, 5) is 7.52. The molecule has 106 valence electrons. The number of nitrogens with zero attached hydrogens (tertiary/aromatic N) is 1. The first-order valence-electron chi connectivity index (χ1n) is 7.37. The van der Waals surface area contributed by atoms with Crippen molar-refractivity contribution < 1.29 is 9.13 Å². The topological polar surface area (TPSA) is 49.9 Å². The number of ether oxygens (including phenoxy) is 1. The molecule has 4 rings (SSSR count). The number of aromatic nitrogens is 2. The zero-order valence-corrected chi connectivity index (χ0v) is 11.3. The summed E-state index contributed by atoms with van der Waals surface area (Å²) in [6.45, 7) is 2.60. The van der Waals surface area contributed by atoms with Crippen LogP contribution in [0.25, 0.3) is 11.0 Å². The molecule has 4 heterocycles. The first-order chi connectivity index (χ1) is 9.84. The van der Waals surface area contributed by atoms with Gasteiger partial charge in [-0.3, -0.25) is 0 Å². The highest BCUT2D eigenvalue weighted by molar-refractivity contribution is 5.89. The van der Waals surface area contributed by atoms with Crippen molar-refractivity contribution in [2.75, 3.05) is 19.7 Å². The van der Waals surface area contributed by atoms with Crippen LogP contribution >= 0.6 is 0 Å². The molecule has 0 unspecified atom stereocenters. The van der Waals surface area contributed by atoms with E-state index in [1.165, 1.54) is 6.20 Å². The SMILES string of the molecule is Fc1cnc2[nH]c3c(c2c1C1CCNCC1)OCCC3. The Bertz CT molecular complexity index is 646. The van der Waals surface area contributed by atoms with Crippen LogP contribution in [0.4, 0.5) is 4.39 Å². The molecule has 0 aromatic carbocycles. The largest absolute Gasteiger partial charge is 0.491 e. The summed E-state index contributed by atoms with van der Waals surface area (Å²) < 4.78 is 20.2. The van der Waals surface area contributed by atoms with E-state index >= 15 is 0 Å². The van der Waals surface area contributed by atoms with Crippen molar-refractivity contribution in [2.24, 2.45) is 0 Å². The molecular formula is C15H18FN3O. The lowest BCUT2D eigenvalue weighted by Gasteiger charge is -2.24. The van der Waals surface area contributed by atoms with Gasteiger partial charge in [-0.25, -0.2) is 9.37 Å². The second-order valence-electron chi connectivity index (χ2n) is 5.65. The zero-order chi connectivity index (χ0) is 13.5. The van der Waals surface area contributed by atoms with Gasteiger partial charge in [-0.1, -0.05) is 0 Å². The molecule has 4 nitrogen and oxygen atoms in total. The van der Waals surface area contributed by atoms with Gasteiger partial charge in [0.1, 0.15) is 17.2 Å². The Hall–Kier alpha value is -1.62. The van der Waals surface area contributed by atoms with Crippen molar-refractivity contribution in [2.45, 2.75) is 31.6 Å². The molecule has 0 bridgehead atoms. The maximum absolute atomic E-state index is 14.4. The minimum absolute atomic E-state index is 0.194. The number of aromatic amines is 1. The lowest BCUT2D eigenvalue weighted by molar-refractivity contribution is 0.290. The van der Waals surface area contributed by atoms with Crippen molar-refractivity contribution in [3.63, 3.8) is 0 Å². The molecule has 2 aromatic heterocycles. The molecule has 2 aliphatic heterocycles. The fourth-order valence-electron chi connectivity index (χ4n) is 3.45. The molecule has 0 amide bonds. The summed E-state index contributed by atoms with van der Waals surface area (Å²) in [6.07, 6.45) is 5.25. The number of rotatable bonds is 1. The summed E-state index contributed by atoms with van der Waals surface area (Å²) in [7, 11) is 0. The van der Waals surface area contributed by atoms with Gasteiger partial charge in [-0.05, 0) is 44.7 Å². The third-order valence-corrected chi connectivity index (χ3v) is 4.41. The fourth-order valence-corrected chi connectivity index (χ4v) is 3.45. The number of nitrogens with one attached hydrogen (secondary N) is 2. The van der Waals surface area contributed by atoms with Crippen molar-refractivity contribution in [1.29, 1.82) is 0 Å². The summed E-state index contributed by atoms with van der Waals surface area (Å²) >= 11 is 0. The molecule has 2 aromatic rings. The maximum Gasteiger partial charge on any atom is 0.149 e. The van der Waals surface area contributed by atoms with E-state index in [2.05, 4.69) is 15.3 Å². The number of hydrogen-bond donors (Lipinski definition) is 2. The molecule has 20 heavy (non-hydrogen) atoms. The number of aryl methyl sites for hydroxylation is 1. The Morgan fingerprint density at radius 3 is 3.00 bits per heavy atom. The van der Waals surface area contributed by atoms with Gasteiger partial charge in [0.05, 0.1) is 23.9 Å². The Kier molecular flexibility index (Phi) is 2.88. The van der Waals surface area contributed by atoms with Gasteiger partial charge in [0.25, 0.3) is 0 Å². The Morgan fingerprint density at radius 1 is 1.30 bits per heavy atom. The number of piperidine rings is 1. The van der Waals surface area contributed by atoms with Crippen LogP contribution in [0.1, 0.15) is 36.4 Å². The van der Waals surface area contributed by atoms with Crippen LogP contribution in [0.2, 0.25) is 0 Å². The van der Waals surface area contributed by atoms with E-state index in [0.29, 0.717) is 6.61 Å². The molecule has 1 saturated heterocycles. The standard InChI is InChI=1S/C15H18FN3O/c16-10-8-18-15-13(12(10)9-3-5-17-6-4-9)14-11(19-15)2-1-7-20-14/h8-9,17H,1-7H2,(H,18,19). The highest BCUT2D eigenvalue weighted by Crippen LogP contribution is 2.40. The van der Waals surface area contributed by atoms with Crippen molar-refractivity contribution in [1.82, 2.24) is 15.3 Å². The first-order valence-corrected chi connectivity index (χ1v) is 7.37. The van der Waals surface area contributed by atoms with Crippen LogP contribution in [0.15, 0.2) is 6.20 Å². The van der Waals surface area contributed by atoms with Crippen molar-refractivity contribution in [3.05, 3.63) is 23.3 Å². The van der Waals surface area contributed by atoms with Gasteiger partial charge in [0.2, 0.25) is 0 Å². The molecule has 2 N–H and O–H groups in total. The molecule has 2 aliphatic rings. The average Bonchev–Trinajstić information content (AvgIpc) is 2.87. The van der Waals surface area contributed by atoms with E-state index < -0.39 is 0 Å². The predicted molar refractivity (Wildman–Crippen MR) is 74.7 cm³/mol. The van der Waals surface area contributed by atoms with E-state index in [4.69, 9.17) is 4.74 Å². The normalized spacial score (nSPS) is 19.9. The van der Waals surface area contributed by atoms with E-state index in [1.54, 1.807) is 0 Å². The molecule has 0 spiro atoms. The van der Waals surface area contributed by atoms with Gasteiger partial charge in [0, 0.05) is 5.56 Å². The monoisotopic (exact) mass is 275 g/mol. The van der Waals surface area contributed by atoms with Gasteiger partial charge < -0.3 is 15.0 Å². The van der Waals surface area contributed by atoms with Crippen molar-refractivity contribution in [3.8, 4) is 5.75 Å². The highest BCUT2D eigenvalue weighted by Gasteiger charge is 2.27.